The maximum Gasteiger partial charge on any atom is 0.287 e. The average molecular weight is 344 g/mol. The standard InChI is InChI=1S/C16H16N4O5/c1-24-13-6-3-11(9-14(13)25-2)4-8-16(21)19-18-15-7-5-12(10-17-15)20(22)23/h3-10H,1-2H3,(H,17,18)(H,19,21)/b8-4+. The lowest BCUT2D eigenvalue weighted by Gasteiger charge is -2.07. The largest absolute Gasteiger partial charge is 0.493 e. The van der Waals surface area contributed by atoms with Crippen LogP contribution in [0.15, 0.2) is 42.6 Å². The molecule has 1 aromatic carbocycles. The number of amides is 1. The highest BCUT2D eigenvalue weighted by molar-refractivity contribution is 5.92. The molecule has 0 radical (unpaired) electrons. The normalized spacial score (nSPS) is 10.3. The molecule has 0 fully saturated rings. The zero-order valence-electron chi connectivity index (χ0n) is 13.6. The van der Waals surface area contributed by atoms with Gasteiger partial charge in [-0.1, -0.05) is 6.07 Å². The van der Waals surface area contributed by atoms with Gasteiger partial charge in [0.15, 0.2) is 11.5 Å². The Bertz CT molecular complexity index is 790. The van der Waals surface area contributed by atoms with Crippen molar-refractivity contribution in [3.63, 3.8) is 0 Å². The van der Waals surface area contributed by atoms with E-state index < -0.39 is 10.8 Å². The third kappa shape index (κ3) is 4.93. The van der Waals surface area contributed by atoms with Crippen LogP contribution in [0.25, 0.3) is 6.08 Å². The zero-order chi connectivity index (χ0) is 18.2. The first kappa shape index (κ1) is 17.7. The summed E-state index contributed by atoms with van der Waals surface area (Å²) in [7, 11) is 3.07. The summed E-state index contributed by atoms with van der Waals surface area (Å²) in [5.41, 5.74) is 5.58. The van der Waals surface area contributed by atoms with Gasteiger partial charge in [-0.15, -0.1) is 0 Å². The van der Waals surface area contributed by atoms with Gasteiger partial charge in [-0.2, -0.15) is 0 Å². The number of carbonyl (C=O) groups is 1. The predicted octanol–water partition coefficient (Wildman–Crippen LogP) is 2.16. The van der Waals surface area contributed by atoms with Crippen LogP contribution in [0.3, 0.4) is 0 Å². The van der Waals surface area contributed by atoms with E-state index in [1.807, 2.05) is 0 Å². The van der Waals surface area contributed by atoms with Crippen LogP contribution in [0, 0.1) is 10.1 Å². The number of anilines is 1. The second-order valence-corrected chi connectivity index (χ2v) is 4.72. The third-order valence-corrected chi connectivity index (χ3v) is 3.11. The van der Waals surface area contributed by atoms with E-state index in [0.717, 1.165) is 11.8 Å². The van der Waals surface area contributed by atoms with Crippen LogP contribution in [0.4, 0.5) is 11.5 Å². The van der Waals surface area contributed by atoms with Gasteiger partial charge in [-0.05, 0) is 29.8 Å². The van der Waals surface area contributed by atoms with Crippen LogP contribution in [0.5, 0.6) is 11.5 Å². The van der Waals surface area contributed by atoms with Crippen LogP contribution in [0.1, 0.15) is 5.56 Å². The second kappa shape index (κ2) is 8.29. The number of nitrogens with one attached hydrogen (secondary N) is 2. The van der Waals surface area contributed by atoms with Gasteiger partial charge in [-0.3, -0.25) is 25.8 Å². The van der Waals surface area contributed by atoms with E-state index >= 15 is 0 Å². The number of aromatic nitrogens is 1. The molecule has 130 valence electrons. The van der Waals surface area contributed by atoms with E-state index in [1.54, 1.807) is 31.4 Å². The van der Waals surface area contributed by atoms with Crippen molar-refractivity contribution in [3.05, 3.63) is 58.3 Å². The quantitative estimate of drug-likeness (QED) is 0.449. The van der Waals surface area contributed by atoms with Gasteiger partial charge in [0, 0.05) is 12.1 Å². The number of hydrazine groups is 1. The van der Waals surface area contributed by atoms with E-state index in [-0.39, 0.29) is 11.5 Å². The number of ether oxygens (including phenoxy) is 2. The summed E-state index contributed by atoms with van der Waals surface area (Å²) in [4.78, 5) is 25.6. The molecule has 0 saturated heterocycles. The van der Waals surface area contributed by atoms with Crippen molar-refractivity contribution >= 4 is 23.5 Å². The van der Waals surface area contributed by atoms with Crippen molar-refractivity contribution < 1.29 is 19.2 Å². The molecule has 9 heteroatoms. The van der Waals surface area contributed by atoms with Crippen molar-refractivity contribution in [2.75, 3.05) is 19.6 Å². The van der Waals surface area contributed by atoms with Gasteiger partial charge in [0.1, 0.15) is 12.0 Å². The molecule has 1 heterocycles. The lowest BCUT2D eigenvalue weighted by molar-refractivity contribution is -0.385. The fourth-order valence-corrected chi connectivity index (χ4v) is 1.86. The highest BCUT2D eigenvalue weighted by atomic mass is 16.6. The summed E-state index contributed by atoms with van der Waals surface area (Å²) in [5, 5.41) is 10.5. The van der Waals surface area contributed by atoms with E-state index in [1.165, 1.54) is 25.3 Å². The SMILES string of the molecule is COc1ccc(/C=C/C(=O)NNc2ccc([N+](=O)[O-])cn2)cc1OC. The smallest absolute Gasteiger partial charge is 0.287 e. The Morgan fingerprint density at radius 2 is 1.96 bits per heavy atom. The van der Waals surface area contributed by atoms with Gasteiger partial charge >= 0.3 is 0 Å². The number of rotatable bonds is 7. The van der Waals surface area contributed by atoms with E-state index in [9.17, 15) is 14.9 Å². The second-order valence-electron chi connectivity index (χ2n) is 4.72. The number of nitrogens with zero attached hydrogens (tertiary/aromatic N) is 2. The fourth-order valence-electron chi connectivity index (χ4n) is 1.86. The lowest BCUT2D eigenvalue weighted by atomic mass is 10.2. The molecular weight excluding hydrogens is 328 g/mol. The molecule has 0 aliphatic rings. The summed E-state index contributed by atoms with van der Waals surface area (Å²) in [6.45, 7) is 0. The van der Waals surface area contributed by atoms with E-state index in [2.05, 4.69) is 15.8 Å². The van der Waals surface area contributed by atoms with Crippen LogP contribution >= 0.6 is 0 Å². The zero-order valence-corrected chi connectivity index (χ0v) is 13.6. The third-order valence-electron chi connectivity index (χ3n) is 3.11. The maximum absolute atomic E-state index is 11.8. The highest BCUT2D eigenvalue weighted by Gasteiger charge is 2.06. The number of carbonyl (C=O) groups excluding carboxylic acids is 1. The molecule has 0 aliphatic carbocycles. The van der Waals surface area contributed by atoms with Crippen molar-refractivity contribution in [2.45, 2.75) is 0 Å². The van der Waals surface area contributed by atoms with Crippen LogP contribution in [-0.4, -0.2) is 30.0 Å². The number of hydrogen-bond donors (Lipinski definition) is 2. The van der Waals surface area contributed by atoms with Gasteiger partial charge in [0.2, 0.25) is 0 Å². The Morgan fingerprint density at radius 1 is 1.20 bits per heavy atom. The molecule has 0 spiro atoms. The van der Waals surface area contributed by atoms with Crippen LogP contribution < -0.4 is 20.3 Å². The summed E-state index contributed by atoms with van der Waals surface area (Å²) < 4.78 is 10.3. The van der Waals surface area contributed by atoms with Gasteiger partial charge in [-0.25, -0.2) is 4.98 Å². The van der Waals surface area contributed by atoms with Crippen LogP contribution in [-0.2, 0) is 4.79 Å². The monoisotopic (exact) mass is 344 g/mol. The van der Waals surface area contributed by atoms with Crippen molar-refractivity contribution in [3.8, 4) is 11.5 Å². The number of benzene rings is 1. The number of pyridine rings is 1. The van der Waals surface area contributed by atoms with E-state index in [0.29, 0.717) is 11.5 Å². The first-order chi connectivity index (χ1) is 12.0. The summed E-state index contributed by atoms with van der Waals surface area (Å²) in [6.07, 6.45) is 4.01. The maximum atomic E-state index is 11.8. The molecule has 25 heavy (non-hydrogen) atoms. The Morgan fingerprint density at radius 3 is 2.56 bits per heavy atom. The molecule has 2 aromatic rings. The fraction of sp³-hybridized carbons (Fsp3) is 0.125. The van der Waals surface area contributed by atoms with Crippen molar-refractivity contribution in [1.82, 2.24) is 10.4 Å². The average Bonchev–Trinajstić information content (AvgIpc) is 2.64. The topological polar surface area (TPSA) is 116 Å². The summed E-state index contributed by atoms with van der Waals surface area (Å²) in [6, 6.07) is 7.90. The lowest BCUT2D eigenvalue weighted by Crippen LogP contribution is -2.27. The van der Waals surface area contributed by atoms with Crippen LogP contribution in [0.2, 0.25) is 0 Å². The molecule has 9 nitrogen and oxygen atoms in total. The van der Waals surface area contributed by atoms with Gasteiger partial charge in [0.05, 0.1) is 19.1 Å². The Kier molecular flexibility index (Phi) is 5.88. The minimum atomic E-state index is -0.554. The number of nitro groups is 1. The predicted molar refractivity (Wildman–Crippen MR) is 91.2 cm³/mol. The van der Waals surface area contributed by atoms with E-state index in [4.69, 9.17) is 9.47 Å². The first-order valence-corrected chi connectivity index (χ1v) is 7.10. The minimum Gasteiger partial charge on any atom is -0.493 e. The molecule has 0 unspecified atom stereocenters. The first-order valence-electron chi connectivity index (χ1n) is 7.10. The molecule has 0 bridgehead atoms. The number of methoxy groups -OCH3 is 2. The molecule has 0 aliphatic heterocycles. The Hall–Kier alpha value is -3.62. The minimum absolute atomic E-state index is 0.134. The Labute approximate surface area is 143 Å². The molecule has 1 amide bonds. The molecule has 0 atom stereocenters. The number of hydrogen-bond acceptors (Lipinski definition) is 7. The summed E-state index contributed by atoms with van der Waals surface area (Å²) in [5.74, 6) is 1.00. The van der Waals surface area contributed by atoms with Gasteiger partial charge in [0.25, 0.3) is 11.6 Å². The Balaban J connectivity index is 1.93. The molecule has 1 aromatic heterocycles. The highest BCUT2D eigenvalue weighted by Crippen LogP contribution is 2.27. The molecule has 2 rings (SSSR count). The molecule has 2 N–H and O–H groups in total. The van der Waals surface area contributed by atoms with Crippen molar-refractivity contribution in [2.24, 2.45) is 0 Å². The molecular formula is C16H16N4O5. The molecule has 0 saturated carbocycles. The van der Waals surface area contributed by atoms with Gasteiger partial charge < -0.3 is 9.47 Å². The summed E-state index contributed by atoms with van der Waals surface area (Å²) >= 11 is 0. The van der Waals surface area contributed by atoms with Crippen molar-refractivity contribution in [1.29, 1.82) is 0 Å².